The second-order valence-electron chi connectivity index (χ2n) is 9.08. The van der Waals surface area contributed by atoms with Crippen molar-refractivity contribution in [2.45, 2.75) is 38.4 Å². The summed E-state index contributed by atoms with van der Waals surface area (Å²) in [5.41, 5.74) is 1.98. The lowest BCUT2D eigenvalue weighted by atomic mass is 9.83. The third-order valence-electron chi connectivity index (χ3n) is 7.19. The number of rotatable bonds is 8. The molecule has 0 bridgehead atoms. The molecule has 0 radical (unpaired) electrons. The molecular formula is C26H28O8. The van der Waals surface area contributed by atoms with Gasteiger partial charge in [0.2, 0.25) is 5.75 Å². The lowest BCUT2D eigenvalue weighted by Crippen LogP contribution is -2.43. The maximum Gasteiger partial charge on any atom is 0.338 e. The van der Waals surface area contributed by atoms with Crippen LogP contribution >= 0.6 is 0 Å². The number of fused-ring (bicyclic) bond motifs is 1. The first-order chi connectivity index (χ1) is 16.5. The van der Waals surface area contributed by atoms with Crippen LogP contribution in [0.15, 0.2) is 30.3 Å². The molecular weight excluding hydrogens is 440 g/mol. The number of esters is 1. The van der Waals surface area contributed by atoms with Crippen LogP contribution in [0, 0.1) is 11.3 Å². The molecule has 2 heterocycles. The Hall–Kier alpha value is -3.26. The predicted octanol–water partition coefficient (Wildman–Crippen LogP) is 4.08. The summed E-state index contributed by atoms with van der Waals surface area (Å²) in [6.07, 6.45) is 2.08. The average molecular weight is 469 g/mol. The van der Waals surface area contributed by atoms with Crippen LogP contribution in [0.1, 0.15) is 41.6 Å². The Balaban J connectivity index is 1.61. The normalized spacial score (nSPS) is 19.6. The van der Waals surface area contributed by atoms with Gasteiger partial charge in [-0.3, -0.25) is 4.79 Å². The summed E-state index contributed by atoms with van der Waals surface area (Å²) in [7, 11) is 3.09. The summed E-state index contributed by atoms with van der Waals surface area (Å²) >= 11 is 0. The molecule has 2 aliphatic heterocycles. The van der Waals surface area contributed by atoms with Crippen LogP contribution in [0.25, 0.3) is 11.1 Å². The van der Waals surface area contributed by atoms with Gasteiger partial charge in [0.25, 0.3) is 0 Å². The van der Waals surface area contributed by atoms with Crippen molar-refractivity contribution in [1.29, 1.82) is 0 Å². The van der Waals surface area contributed by atoms with E-state index in [4.69, 9.17) is 23.7 Å². The van der Waals surface area contributed by atoms with Crippen molar-refractivity contribution in [1.82, 2.24) is 0 Å². The lowest BCUT2D eigenvalue weighted by Gasteiger charge is -2.35. The second-order valence-corrected chi connectivity index (χ2v) is 9.08. The van der Waals surface area contributed by atoms with Crippen LogP contribution in [0.4, 0.5) is 0 Å². The number of benzene rings is 2. The number of methoxy groups -OCH3 is 2. The smallest absolute Gasteiger partial charge is 0.338 e. The molecule has 8 heteroatoms. The number of ether oxygens (including phenoxy) is 5. The Morgan fingerprint density at radius 1 is 1.06 bits per heavy atom. The van der Waals surface area contributed by atoms with E-state index in [9.17, 15) is 14.7 Å². The maximum absolute atomic E-state index is 12.3. The number of hydrogen-bond acceptors (Lipinski definition) is 7. The van der Waals surface area contributed by atoms with E-state index < -0.39 is 17.5 Å². The highest BCUT2D eigenvalue weighted by atomic mass is 16.5. The maximum atomic E-state index is 12.3. The van der Waals surface area contributed by atoms with Gasteiger partial charge in [-0.15, -0.1) is 0 Å². The van der Waals surface area contributed by atoms with Crippen molar-refractivity contribution in [3.63, 3.8) is 0 Å². The largest absolute Gasteiger partial charge is 0.493 e. The van der Waals surface area contributed by atoms with Gasteiger partial charge >= 0.3 is 11.9 Å². The van der Waals surface area contributed by atoms with Gasteiger partial charge in [-0.2, -0.15) is 0 Å². The van der Waals surface area contributed by atoms with E-state index in [2.05, 4.69) is 0 Å². The molecule has 5 rings (SSSR count). The summed E-state index contributed by atoms with van der Waals surface area (Å²) in [5.74, 6) is 0.221. The van der Waals surface area contributed by atoms with E-state index in [1.807, 2.05) is 18.2 Å². The second kappa shape index (κ2) is 8.83. The fraction of sp³-hybridized carbons (Fsp3) is 0.462. The summed E-state index contributed by atoms with van der Waals surface area (Å²) in [6, 6.07) is 9.16. The van der Waals surface area contributed by atoms with Gasteiger partial charge in [0.15, 0.2) is 11.5 Å². The first kappa shape index (κ1) is 22.5. The molecule has 0 amide bonds. The van der Waals surface area contributed by atoms with Crippen LogP contribution in [-0.4, -0.2) is 50.6 Å². The Bertz CT molecular complexity index is 1110. The molecule has 1 atom stereocenters. The van der Waals surface area contributed by atoms with Crippen LogP contribution in [0.3, 0.4) is 0 Å². The minimum Gasteiger partial charge on any atom is -0.493 e. The summed E-state index contributed by atoms with van der Waals surface area (Å²) in [6.45, 7) is 1.39. The van der Waals surface area contributed by atoms with E-state index in [1.165, 1.54) is 7.11 Å². The Morgan fingerprint density at radius 3 is 2.44 bits per heavy atom. The summed E-state index contributed by atoms with van der Waals surface area (Å²) in [4.78, 5) is 24.3. The first-order valence-corrected chi connectivity index (χ1v) is 11.5. The Kier molecular flexibility index (Phi) is 5.85. The SMILES string of the molecule is COc1ccc(-c2ccc3c(c2)COC3=O)c(OC(C2CCOCC2)C2(C(=O)O)CC2)c1OC. The monoisotopic (exact) mass is 468 g/mol. The highest BCUT2D eigenvalue weighted by Gasteiger charge is 2.60. The van der Waals surface area contributed by atoms with Gasteiger partial charge in [0.1, 0.15) is 18.1 Å². The number of carbonyl (C=O) groups is 2. The highest BCUT2D eigenvalue weighted by molar-refractivity contribution is 5.94. The van der Waals surface area contributed by atoms with E-state index in [-0.39, 0.29) is 18.5 Å². The molecule has 1 unspecified atom stereocenters. The van der Waals surface area contributed by atoms with Crippen molar-refractivity contribution < 1.29 is 38.4 Å². The fourth-order valence-corrected chi connectivity index (χ4v) is 5.10. The van der Waals surface area contributed by atoms with Crippen molar-refractivity contribution >= 4 is 11.9 Å². The Labute approximate surface area is 197 Å². The molecule has 0 aromatic heterocycles. The van der Waals surface area contributed by atoms with Gasteiger partial charge in [-0.25, -0.2) is 4.79 Å². The van der Waals surface area contributed by atoms with Gasteiger partial charge in [-0.05, 0) is 55.5 Å². The van der Waals surface area contributed by atoms with Gasteiger partial charge < -0.3 is 28.8 Å². The zero-order chi connectivity index (χ0) is 23.9. The third kappa shape index (κ3) is 3.76. The van der Waals surface area contributed by atoms with Crippen molar-refractivity contribution in [2.75, 3.05) is 27.4 Å². The topological polar surface area (TPSA) is 101 Å². The van der Waals surface area contributed by atoms with Crippen LogP contribution in [-0.2, 0) is 20.9 Å². The van der Waals surface area contributed by atoms with Gasteiger partial charge in [0.05, 0.1) is 19.8 Å². The molecule has 3 aliphatic rings. The number of carboxylic acid groups (broad SMARTS) is 1. The third-order valence-corrected chi connectivity index (χ3v) is 7.19. The molecule has 1 aliphatic carbocycles. The highest BCUT2D eigenvalue weighted by Crippen LogP contribution is 2.56. The quantitative estimate of drug-likeness (QED) is 0.579. The standard InChI is InChI=1S/C26H28O8/c1-30-20-6-5-18(16-3-4-19-17(13-16)14-33-24(19)27)21(22(20)31-2)34-23(15-7-11-32-12-8-15)26(9-10-26)25(28)29/h3-6,13,15,23H,7-12,14H2,1-2H3,(H,28,29). The minimum atomic E-state index is -0.925. The number of hydrogen-bond donors (Lipinski definition) is 1. The minimum absolute atomic E-state index is 0.0437. The van der Waals surface area contributed by atoms with Crippen LogP contribution < -0.4 is 14.2 Å². The predicted molar refractivity (Wildman–Crippen MR) is 121 cm³/mol. The first-order valence-electron chi connectivity index (χ1n) is 11.5. The van der Waals surface area contributed by atoms with Crippen molar-refractivity contribution in [2.24, 2.45) is 11.3 Å². The molecule has 2 fully saturated rings. The Morgan fingerprint density at radius 2 is 1.79 bits per heavy atom. The summed E-state index contributed by atoms with van der Waals surface area (Å²) < 4.78 is 28.6. The molecule has 2 aromatic rings. The number of cyclic esters (lactones) is 1. The number of carboxylic acids is 1. The number of carbonyl (C=O) groups excluding carboxylic acids is 1. The molecule has 1 saturated carbocycles. The molecule has 180 valence electrons. The van der Waals surface area contributed by atoms with Gasteiger partial charge in [-0.1, -0.05) is 6.07 Å². The molecule has 8 nitrogen and oxygen atoms in total. The van der Waals surface area contributed by atoms with Gasteiger partial charge in [0, 0.05) is 30.3 Å². The van der Waals surface area contributed by atoms with Crippen LogP contribution in [0.2, 0.25) is 0 Å². The molecule has 1 saturated heterocycles. The van der Waals surface area contributed by atoms with E-state index >= 15 is 0 Å². The molecule has 1 N–H and O–H groups in total. The zero-order valence-corrected chi connectivity index (χ0v) is 19.3. The molecule has 34 heavy (non-hydrogen) atoms. The van der Waals surface area contributed by atoms with E-state index in [0.29, 0.717) is 48.9 Å². The summed E-state index contributed by atoms with van der Waals surface area (Å²) in [5, 5.41) is 10.1. The molecule has 2 aromatic carbocycles. The van der Waals surface area contributed by atoms with Crippen LogP contribution in [0.5, 0.6) is 17.2 Å². The number of aliphatic carboxylic acids is 1. The van der Waals surface area contributed by atoms with Crippen molar-refractivity contribution in [3.05, 3.63) is 41.5 Å². The van der Waals surface area contributed by atoms with E-state index in [0.717, 1.165) is 29.5 Å². The zero-order valence-electron chi connectivity index (χ0n) is 19.3. The lowest BCUT2D eigenvalue weighted by molar-refractivity contribution is -0.150. The molecule has 0 spiro atoms. The fourth-order valence-electron chi connectivity index (χ4n) is 5.10. The van der Waals surface area contributed by atoms with E-state index in [1.54, 1.807) is 19.2 Å². The average Bonchev–Trinajstić information content (AvgIpc) is 3.60. The van der Waals surface area contributed by atoms with Crippen molar-refractivity contribution in [3.8, 4) is 28.4 Å².